The highest BCUT2D eigenvalue weighted by Crippen LogP contribution is 2.37. The van der Waals surface area contributed by atoms with Crippen LogP contribution in [0.4, 0.5) is 0 Å². The van der Waals surface area contributed by atoms with Crippen molar-refractivity contribution in [2.24, 2.45) is 11.3 Å². The average molecular weight is 323 g/mol. The minimum absolute atomic E-state index is 0.0335. The molecule has 2 fully saturated rings. The van der Waals surface area contributed by atoms with Crippen LogP contribution in [0.2, 0.25) is 0 Å². The Morgan fingerprint density at radius 2 is 1.95 bits per heavy atom. The highest BCUT2D eigenvalue weighted by molar-refractivity contribution is 7.87. The number of piperidine rings is 1. The van der Waals surface area contributed by atoms with Crippen molar-refractivity contribution < 1.29 is 8.42 Å². The Hall–Kier alpha value is 0.160. The van der Waals surface area contributed by atoms with Gasteiger partial charge in [-0.05, 0) is 37.0 Å². The predicted octanol–water partition coefficient (Wildman–Crippen LogP) is 2.74. The number of nitrogens with one attached hydrogen (secondary N) is 1. The lowest BCUT2D eigenvalue weighted by Gasteiger charge is -2.37. The molecule has 1 saturated carbocycles. The van der Waals surface area contributed by atoms with Crippen molar-refractivity contribution in [1.82, 2.24) is 9.03 Å². The van der Waals surface area contributed by atoms with E-state index in [1.165, 1.54) is 6.42 Å². The molecule has 1 unspecified atom stereocenters. The van der Waals surface area contributed by atoms with E-state index >= 15 is 0 Å². The summed E-state index contributed by atoms with van der Waals surface area (Å²) >= 11 is 6.13. The van der Waals surface area contributed by atoms with E-state index in [0.29, 0.717) is 31.4 Å². The van der Waals surface area contributed by atoms with E-state index in [9.17, 15) is 8.42 Å². The Balaban J connectivity index is 1.94. The maximum Gasteiger partial charge on any atom is 0.279 e. The van der Waals surface area contributed by atoms with Gasteiger partial charge < -0.3 is 0 Å². The SMILES string of the molecule is CC1CCCN(S(=O)(=O)NCC2(CCl)CCCCC2)C1. The molecule has 0 radical (unpaired) electrons. The standard InChI is InChI=1S/C14H27ClN2O2S/c1-13-6-5-9-17(10-13)20(18,19)16-12-14(11-15)7-3-2-4-8-14/h13,16H,2-12H2,1H3. The summed E-state index contributed by atoms with van der Waals surface area (Å²) in [7, 11) is -3.34. The molecule has 0 aromatic carbocycles. The first-order valence-corrected chi connectivity index (χ1v) is 9.76. The highest BCUT2D eigenvalue weighted by Gasteiger charge is 2.34. The van der Waals surface area contributed by atoms with Gasteiger partial charge in [-0.1, -0.05) is 26.2 Å². The second-order valence-electron chi connectivity index (χ2n) is 6.63. The zero-order valence-electron chi connectivity index (χ0n) is 12.4. The van der Waals surface area contributed by atoms with Crippen molar-refractivity contribution >= 4 is 21.8 Å². The van der Waals surface area contributed by atoms with Crippen molar-refractivity contribution in [2.45, 2.75) is 51.9 Å². The lowest BCUT2D eigenvalue weighted by Crippen LogP contribution is -2.49. The van der Waals surface area contributed by atoms with E-state index in [0.717, 1.165) is 38.5 Å². The molecular weight excluding hydrogens is 296 g/mol. The minimum atomic E-state index is -3.34. The van der Waals surface area contributed by atoms with Gasteiger partial charge >= 0.3 is 0 Å². The lowest BCUT2D eigenvalue weighted by molar-refractivity contribution is 0.219. The first-order chi connectivity index (χ1) is 9.47. The Bertz CT molecular complexity index is 407. The summed E-state index contributed by atoms with van der Waals surface area (Å²) in [6.07, 6.45) is 7.73. The van der Waals surface area contributed by atoms with Gasteiger partial charge in [0.25, 0.3) is 10.2 Å². The summed E-state index contributed by atoms with van der Waals surface area (Å²) in [5, 5.41) is 0. The van der Waals surface area contributed by atoms with Crippen LogP contribution in [0.1, 0.15) is 51.9 Å². The van der Waals surface area contributed by atoms with Gasteiger partial charge in [-0.15, -0.1) is 11.6 Å². The average Bonchev–Trinajstić information content (AvgIpc) is 2.46. The summed E-state index contributed by atoms with van der Waals surface area (Å²) in [5.74, 6) is 1.00. The van der Waals surface area contributed by atoms with Crippen LogP contribution in [0.25, 0.3) is 0 Å². The quantitative estimate of drug-likeness (QED) is 0.791. The third-order valence-corrected chi connectivity index (χ3v) is 6.87. The molecule has 2 aliphatic rings. The van der Waals surface area contributed by atoms with Gasteiger partial charge in [0, 0.05) is 25.5 Å². The van der Waals surface area contributed by atoms with E-state index in [-0.39, 0.29) is 5.41 Å². The predicted molar refractivity (Wildman–Crippen MR) is 83.1 cm³/mol. The third-order valence-electron chi connectivity index (χ3n) is 4.79. The molecule has 2 rings (SSSR count). The molecule has 1 atom stereocenters. The zero-order chi connectivity index (χ0) is 14.6. The number of hydrogen-bond donors (Lipinski definition) is 1. The Morgan fingerprint density at radius 3 is 2.55 bits per heavy atom. The van der Waals surface area contributed by atoms with Gasteiger partial charge in [-0.2, -0.15) is 12.7 Å². The third kappa shape index (κ3) is 4.09. The normalized spacial score (nSPS) is 28.4. The Labute approximate surface area is 128 Å². The van der Waals surface area contributed by atoms with Gasteiger partial charge in [0.2, 0.25) is 0 Å². The molecule has 1 aliphatic carbocycles. The molecule has 1 heterocycles. The van der Waals surface area contributed by atoms with Crippen molar-refractivity contribution in [1.29, 1.82) is 0 Å². The van der Waals surface area contributed by atoms with Gasteiger partial charge in [-0.3, -0.25) is 0 Å². The Morgan fingerprint density at radius 1 is 1.25 bits per heavy atom. The van der Waals surface area contributed by atoms with Crippen molar-refractivity contribution in [2.75, 3.05) is 25.5 Å². The number of nitrogens with zero attached hydrogens (tertiary/aromatic N) is 1. The molecule has 4 nitrogen and oxygen atoms in total. The van der Waals surface area contributed by atoms with Gasteiger partial charge in [0.1, 0.15) is 0 Å². The maximum absolute atomic E-state index is 12.4. The van der Waals surface area contributed by atoms with Crippen LogP contribution in [0.3, 0.4) is 0 Å². The monoisotopic (exact) mass is 322 g/mol. The van der Waals surface area contributed by atoms with Gasteiger partial charge in [-0.25, -0.2) is 4.72 Å². The lowest BCUT2D eigenvalue weighted by atomic mass is 9.76. The van der Waals surface area contributed by atoms with Gasteiger partial charge in [0.05, 0.1) is 0 Å². The fourth-order valence-corrected chi connectivity index (χ4v) is 5.21. The number of halogens is 1. The second-order valence-corrected chi connectivity index (χ2v) is 8.65. The highest BCUT2D eigenvalue weighted by atomic mass is 35.5. The number of hydrogen-bond acceptors (Lipinski definition) is 2. The van der Waals surface area contributed by atoms with E-state index < -0.39 is 10.2 Å². The smallest absolute Gasteiger partial charge is 0.202 e. The number of rotatable bonds is 5. The topological polar surface area (TPSA) is 49.4 Å². The molecule has 1 aliphatic heterocycles. The van der Waals surface area contributed by atoms with Crippen LogP contribution in [-0.2, 0) is 10.2 Å². The first kappa shape index (κ1) is 16.5. The molecule has 0 spiro atoms. The van der Waals surface area contributed by atoms with Crippen LogP contribution < -0.4 is 4.72 Å². The van der Waals surface area contributed by atoms with Crippen LogP contribution in [0, 0.1) is 11.3 Å². The molecule has 0 aromatic heterocycles. The zero-order valence-corrected chi connectivity index (χ0v) is 14.0. The van der Waals surface area contributed by atoms with E-state index in [1.54, 1.807) is 4.31 Å². The molecular formula is C14H27ClN2O2S. The molecule has 1 N–H and O–H groups in total. The van der Waals surface area contributed by atoms with Crippen molar-refractivity contribution in [3.8, 4) is 0 Å². The van der Waals surface area contributed by atoms with Crippen LogP contribution in [0.5, 0.6) is 0 Å². The molecule has 6 heteroatoms. The maximum atomic E-state index is 12.4. The fraction of sp³-hybridized carbons (Fsp3) is 1.00. The molecule has 0 aromatic rings. The molecule has 1 saturated heterocycles. The van der Waals surface area contributed by atoms with E-state index in [2.05, 4.69) is 11.6 Å². The largest absolute Gasteiger partial charge is 0.279 e. The summed E-state index contributed by atoms with van der Waals surface area (Å²) in [6.45, 7) is 3.89. The van der Waals surface area contributed by atoms with Crippen LogP contribution >= 0.6 is 11.6 Å². The number of alkyl halides is 1. The minimum Gasteiger partial charge on any atom is -0.202 e. The van der Waals surface area contributed by atoms with Crippen LogP contribution in [0.15, 0.2) is 0 Å². The molecule has 20 heavy (non-hydrogen) atoms. The van der Waals surface area contributed by atoms with Crippen molar-refractivity contribution in [3.63, 3.8) is 0 Å². The fourth-order valence-electron chi connectivity index (χ4n) is 3.36. The van der Waals surface area contributed by atoms with Crippen LogP contribution in [-0.4, -0.2) is 38.2 Å². The van der Waals surface area contributed by atoms with E-state index in [4.69, 9.17) is 11.6 Å². The second kappa shape index (κ2) is 6.95. The summed E-state index contributed by atoms with van der Waals surface area (Å²) in [4.78, 5) is 0. The molecule has 0 bridgehead atoms. The van der Waals surface area contributed by atoms with Crippen molar-refractivity contribution in [3.05, 3.63) is 0 Å². The Kier molecular flexibility index (Phi) is 5.74. The summed E-state index contributed by atoms with van der Waals surface area (Å²) in [5.41, 5.74) is -0.0335. The summed E-state index contributed by atoms with van der Waals surface area (Å²) < 4.78 is 29.2. The van der Waals surface area contributed by atoms with E-state index in [1.807, 2.05) is 0 Å². The molecule has 0 amide bonds. The first-order valence-electron chi connectivity index (χ1n) is 7.78. The molecule has 118 valence electrons. The van der Waals surface area contributed by atoms with Gasteiger partial charge in [0.15, 0.2) is 0 Å². The summed E-state index contributed by atoms with van der Waals surface area (Å²) in [6, 6.07) is 0.